The predicted molar refractivity (Wildman–Crippen MR) is 99.6 cm³/mol. The smallest absolute Gasteiger partial charge is 0.263 e. The Morgan fingerprint density at radius 2 is 1.83 bits per heavy atom. The van der Waals surface area contributed by atoms with E-state index in [0.717, 1.165) is 28.1 Å². The third kappa shape index (κ3) is 3.34. The van der Waals surface area contributed by atoms with E-state index in [2.05, 4.69) is 15.7 Å². The molecule has 3 amide bonds. The summed E-state index contributed by atoms with van der Waals surface area (Å²) in [5.41, 5.74) is 0.391. The zero-order valence-electron chi connectivity index (χ0n) is 15.6. The monoisotopic (exact) mass is 415 g/mol. The minimum absolute atomic E-state index is 0.115. The Morgan fingerprint density at radius 1 is 1.10 bits per heavy atom. The Hall–Kier alpha value is -3.89. The normalized spacial score (nSPS) is 20.0. The number of ether oxygens (including phenoxy) is 1. The van der Waals surface area contributed by atoms with E-state index in [1.807, 2.05) is 0 Å². The van der Waals surface area contributed by atoms with Crippen molar-refractivity contribution in [3.8, 4) is 5.75 Å². The van der Waals surface area contributed by atoms with Crippen LogP contribution in [-0.2, 0) is 14.4 Å². The van der Waals surface area contributed by atoms with Crippen LogP contribution in [0.1, 0.15) is 0 Å². The number of nitrogens with one attached hydrogen (secondary N) is 1. The van der Waals surface area contributed by atoms with Gasteiger partial charge in [-0.1, -0.05) is 5.22 Å². The number of nitrogens with zero attached hydrogens (tertiary/aromatic N) is 4. The standard InChI is InChI=1S/C19H15F2N5O4/c1-30-12-5-2-10(3-6-12)22-15(27)9-25-17-16(23-24-25)18(28)26(19(17)29)11-4-7-13(20)14(21)8-11/h2-8,16-17H,9H2,1H3,(H,22,27)/t16-,17-/m0/s1. The maximum absolute atomic E-state index is 13.5. The first-order valence-electron chi connectivity index (χ1n) is 8.83. The van der Waals surface area contributed by atoms with Crippen LogP contribution in [0.4, 0.5) is 20.2 Å². The number of amides is 3. The van der Waals surface area contributed by atoms with Gasteiger partial charge in [-0.05, 0) is 36.4 Å². The van der Waals surface area contributed by atoms with E-state index in [1.54, 1.807) is 24.3 Å². The molecular formula is C19H15F2N5O4. The van der Waals surface area contributed by atoms with Gasteiger partial charge in [0.25, 0.3) is 11.8 Å². The second kappa shape index (κ2) is 7.50. The number of benzene rings is 2. The number of methoxy groups -OCH3 is 1. The highest BCUT2D eigenvalue weighted by atomic mass is 19.2. The molecule has 1 saturated heterocycles. The molecule has 2 atom stereocenters. The molecule has 0 bridgehead atoms. The summed E-state index contributed by atoms with van der Waals surface area (Å²) in [6, 6.07) is 7.02. The SMILES string of the molecule is COc1ccc(NC(=O)CN2N=N[C@@H]3C(=O)N(c4ccc(F)c(F)c4)C(=O)[C@H]32)cc1. The van der Waals surface area contributed by atoms with Gasteiger partial charge in [0, 0.05) is 11.8 Å². The lowest BCUT2D eigenvalue weighted by Crippen LogP contribution is -2.43. The minimum atomic E-state index is -1.19. The fraction of sp³-hybridized carbons (Fsp3) is 0.211. The third-order valence-corrected chi connectivity index (χ3v) is 4.70. The molecule has 30 heavy (non-hydrogen) atoms. The largest absolute Gasteiger partial charge is 0.497 e. The van der Waals surface area contributed by atoms with Crippen LogP contribution in [0.5, 0.6) is 5.75 Å². The first-order valence-corrected chi connectivity index (χ1v) is 8.83. The van der Waals surface area contributed by atoms with Gasteiger partial charge in [-0.15, -0.1) is 0 Å². The Labute approximate surface area is 168 Å². The van der Waals surface area contributed by atoms with Gasteiger partial charge >= 0.3 is 0 Å². The summed E-state index contributed by atoms with van der Waals surface area (Å²) in [7, 11) is 1.52. The summed E-state index contributed by atoms with van der Waals surface area (Å²) in [5, 5.41) is 11.3. The van der Waals surface area contributed by atoms with E-state index < -0.39 is 41.4 Å². The lowest BCUT2D eigenvalue weighted by Gasteiger charge is -2.20. The van der Waals surface area contributed by atoms with Crippen LogP contribution in [0, 0.1) is 11.6 Å². The fourth-order valence-electron chi connectivity index (χ4n) is 3.25. The van der Waals surface area contributed by atoms with Gasteiger partial charge in [0.05, 0.1) is 12.8 Å². The van der Waals surface area contributed by atoms with E-state index in [-0.39, 0.29) is 12.2 Å². The van der Waals surface area contributed by atoms with Gasteiger partial charge in [-0.25, -0.2) is 13.7 Å². The van der Waals surface area contributed by atoms with Crippen molar-refractivity contribution in [2.45, 2.75) is 12.1 Å². The van der Waals surface area contributed by atoms with Crippen LogP contribution in [0.3, 0.4) is 0 Å². The third-order valence-electron chi connectivity index (χ3n) is 4.70. The molecule has 2 aromatic carbocycles. The zero-order chi connectivity index (χ0) is 21.4. The minimum Gasteiger partial charge on any atom is -0.497 e. The number of carbonyl (C=O) groups is 3. The Morgan fingerprint density at radius 3 is 2.50 bits per heavy atom. The molecule has 9 nitrogen and oxygen atoms in total. The first-order chi connectivity index (χ1) is 14.4. The maximum atomic E-state index is 13.5. The lowest BCUT2D eigenvalue weighted by atomic mass is 10.1. The fourth-order valence-corrected chi connectivity index (χ4v) is 3.25. The molecule has 154 valence electrons. The van der Waals surface area contributed by atoms with Gasteiger partial charge in [-0.2, -0.15) is 5.11 Å². The van der Waals surface area contributed by atoms with Crippen molar-refractivity contribution in [1.82, 2.24) is 5.01 Å². The highest BCUT2D eigenvalue weighted by Crippen LogP contribution is 2.32. The second-order valence-electron chi connectivity index (χ2n) is 6.58. The van der Waals surface area contributed by atoms with Gasteiger partial charge < -0.3 is 10.1 Å². The average Bonchev–Trinajstić information content (AvgIpc) is 3.24. The molecule has 11 heteroatoms. The number of imide groups is 1. The average molecular weight is 415 g/mol. The summed E-state index contributed by atoms with van der Waals surface area (Å²) in [6.45, 7) is -0.332. The molecule has 0 aromatic heterocycles. The van der Waals surface area contributed by atoms with E-state index in [4.69, 9.17) is 4.74 Å². The number of carbonyl (C=O) groups excluding carboxylic acids is 3. The molecule has 0 spiro atoms. The summed E-state index contributed by atoms with van der Waals surface area (Å²) in [6.07, 6.45) is 0. The van der Waals surface area contributed by atoms with Crippen LogP contribution in [0.15, 0.2) is 52.8 Å². The van der Waals surface area contributed by atoms with E-state index in [1.165, 1.54) is 7.11 Å². The number of halogens is 2. The molecule has 1 fully saturated rings. The zero-order valence-corrected chi connectivity index (χ0v) is 15.6. The number of hydrogen-bond acceptors (Lipinski definition) is 7. The predicted octanol–water partition coefficient (Wildman–Crippen LogP) is 1.91. The van der Waals surface area contributed by atoms with Gasteiger partial charge in [-0.3, -0.25) is 19.4 Å². The summed E-state index contributed by atoms with van der Waals surface area (Å²) < 4.78 is 31.8. The number of anilines is 2. The summed E-state index contributed by atoms with van der Waals surface area (Å²) >= 11 is 0. The molecule has 2 heterocycles. The second-order valence-corrected chi connectivity index (χ2v) is 6.58. The van der Waals surface area contributed by atoms with Crippen LogP contribution in [-0.4, -0.2) is 48.5 Å². The molecule has 0 unspecified atom stereocenters. The van der Waals surface area contributed by atoms with Gasteiger partial charge in [0.2, 0.25) is 5.91 Å². The molecule has 2 aromatic rings. The van der Waals surface area contributed by atoms with E-state index in [0.29, 0.717) is 11.4 Å². The molecule has 2 aliphatic heterocycles. The molecule has 0 radical (unpaired) electrons. The van der Waals surface area contributed by atoms with Crippen LogP contribution >= 0.6 is 0 Å². The summed E-state index contributed by atoms with van der Waals surface area (Å²) in [5.74, 6) is -3.60. The van der Waals surface area contributed by atoms with Crippen LogP contribution < -0.4 is 15.0 Å². The molecule has 2 aliphatic rings. The van der Waals surface area contributed by atoms with E-state index in [9.17, 15) is 23.2 Å². The van der Waals surface area contributed by atoms with Crippen molar-refractivity contribution in [3.05, 3.63) is 54.1 Å². The Balaban J connectivity index is 1.47. The van der Waals surface area contributed by atoms with Gasteiger partial charge in [0.1, 0.15) is 12.3 Å². The van der Waals surface area contributed by atoms with Crippen LogP contribution in [0.2, 0.25) is 0 Å². The molecular weight excluding hydrogens is 400 g/mol. The van der Waals surface area contributed by atoms with Crippen molar-refractivity contribution in [3.63, 3.8) is 0 Å². The van der Waals surface area contributed by atoms with Gasteiger partial charge in [0.15, 0.2) is 23.7 Å². The number of rotatable bonds is 5. The maximum Gasteiger partial charge on any atom is 0.263 e. The summed E-state index contributed by atoms with van der Waals surface area (Å²) in [4.78, 5) is 38.4. The molecule has 0 aliphatic carbocycles. The van der Waals surface area contributed by atoms with Crippen molar-refractivity contribution in [2.75, 3.05) is 23.9 Å². The lowest BCUT2D eigenvalue weighted by molar-refractivity contribution is -0.123. The highest BCUT2D eigenvalue weighted by Gasteiger charge is 2.55. The highest BCUT2D eigenvalue weighted by molar-refractivity contribution is 6.25. The van der Waals surface area contributed by atoms with E-state index >= 15 is 0 Å². The molecule has 4 rings (SSSR count). The topological polar surface area (TPSA) is 104 Å². The quantitative estimate of drug-likeness (QED) is 0.752. The first kappa shape index (κ1) is 19.4. The van der Waals surface area contributed by atoms with Crippen molar-refractivity contribution in [1.29, 1.82) is 0 Å². The van der Waals surface area contributed by atoms with Crippen molar-refractivity contribution >= 4 is 29.1 Å². The van der Waals surface area contributed by atoms with Crippen molar-refractivity contribution in [2.24, 2.45) is 10.3 Å². The number of hydrogen-bond donors (Lipinski definition) is 1. The Bertz CT molecular complexity index is 1060. The van der Waals surface area contributed by atoms with Crippen molar-refractivity contribution < 1.29 is 27.9 Å². The van der Waals surface area contributed by atoms with Crippen LogP contribution in [0.25, 0.3) is 0 Å². The molecule has 1 N–H and O–H groups in total. The Kier molecular flexibility index (Phi) is 4.86. The number of fused-ring (bicyclic) bond motifs is 1. The molecule has 0 saturated carbocycles.